The Hall–Kier alpha value is 0.532. The zero-order valence-electron chi connectivity index (χ0n) is 5.67. The maximum atomic E-state index is 12.1. The largest absolute Gasteiger partial charge is 0.352 e. The fraction of sp³-hybridized carbons (Fsp3) is 0. The smallest absolute Gasteiger partial charge is 0.123 e. The Balaban J connectivity index is 0. The maximum absolute atomic E-state index is 12.1. The predicted molar refractivity (Wildman–Crippen MR) is 47.0 cm³/mol. The van der Waals surface area contributed by atoms with E-state index in [9.17, 15) is 4.39 Å². The molecular formula is C7H8ClFPPd-. The Labute approximate surface area is 87.4 Å². The summed E-state index contributed by atoms with van der Waals surface area (Å²) in [7, 11) is 2.48. The van der Waals surface area contributed by atoms with Crippen LogP contribution in [0.15, 0.2) is 24.3 Å². The molecule has 0 heterocycles. The Morgan fingerprint density at radius 1 is 1.18 bits per heavy atom. The Kier molecular flexibility index (Phi) is 11.0. The molecule has 0 fully saturated rings. The number of hydrogen-bond donors (Lipinski definition) is 0. The summed E-state index contributed by atoms with van der Waals surface area (Å²) in [5.74, 6) is -0.184. The van der Waals surface area contributed by atoms with Crippen molar-refractivity contribution < 1.29 is 24.8 Å². The second-order valence-corrected chi connectivity index (χ2v) is 2.22. The van der Waals surface area contributed by atoms with Crippen LogP contribution in [0.25, 0.3) is 0 Å². The van der Waals surface area contributed by atoms with Gasteiger partial charge in [0, 0.05) is 20.4 Å². The third-order valence-corrected chi connectivity index (χ3v) is 1.25. The van der Waals surface area contributed by atoms with E-state index in [4.69, 9.17) is 0 Å². The molecule has 0 saturated heterocycles. The molecule has 66 valence electrons. The first-order valence-electron chi connectivity index (χ1n) is 2.57. The molecule has 0 nitrogen and oxygen atoms in total. The topological polar surface area (TPSA) is 0 Å². The van der Waals surface area contributed by atoms with E-state index in [1.165, 1.54) is 12.1 Å². The molecule has 0 aliphatic carbocycles. The third-order valence-electron chi connectivity index (χ3n) is 0.870. The average Bonchev–Trinajstić information content (AvgIpc) is 2.00. The molecule has 0 N–H and O–H groups in total. The predicted octanol–water partition coefficient (Wildman–Crippen LogP) is 2.34. The van der Waals surface area contributed by atoms with Crippen molar-refractivity contribution in [3.8, 4) is 0 Å². The summed E-state index contributed by atoms with van der Waals surface area (Å²) in [6.45, 7) is 0. The van der Waals surface area contributed by atoms with Crippen molar-refractivity contribution in [1.29, 1.82) is 0 Å². The zero-order chi connectivity index (χ0) is 7.98. The maximum Gasteiger partial charge on any atom is 0.123 e. The molecule has 0 radical (unpaired) electrons. The summed E-state index contributed by atoms with van der Waals surface area (Å²) in [5, 5.41) is 1.01. The van der Waals surface area contributed by atoms with E-state index in [0.717, 1.165) is 5.30 Å². The van der Waals surface area contributed by atoms with Crippen molar-refractivity contribution in [2.24, 2.45) is 0 Å². The molecule has 0 amide bonds. The van der Waals surface area contributed by atoms with E-state index >= 15 is 0 Å². The monoisotopic (exact) mass is 283 g/mol. The quantitative estimate of drug-likeness (QED) is 0.390. The molecule has 1 aromatic carbocycles. The van der Waals surface area contributed by atoms with Gasteiger partial charge in [-0.15, -0.1) is 9.24 Å². The van der Waals surface area contributed by atoms with Crippen LogP contribution in [0.1, 0.15) is 0 Å². The van der Waals surface area contributed by atoms with Crippen LogP contribution in [0.3, 0.4) is 0 Å². The van der Waals surface area contributed by atoms with Crippen LogP contribution >= 0.6 is 20.8 Å². The van der Waals surface area contributed by atoms with E-state index in [-0.39, 0.29) is 26.2 Å². The third kappa shape index (κ3) is 6.91. The van der Waals surface area contributed by atoms with E-state index in [0.29, 0.717) is 0 Å². The molecule has 0 spiro atoms. The second kappa shape index (κ2) is 8.63. The summed E-state index contributed by atoms with van der Waals surface area (Å²) in [6, 6.07) is 6.28. The van der Waals surface area contributed by atoms with Crippen LogP contribution in [-0.4, -0.2) is 0 Å². The van der Waals surface area contributed by atoms with Crippen LogP contribution < -0.4 is 5.30 Å². The Morgan fingerprint density at radius 2 is 1.55 bits per heavy atom. The van der Waals surface area contributed by atoms with Crippen molar-refractivity contribution in [3.05, 3.63) is 36.5 Å². The number of rotatable bonds is 0. The molecule has 0 aliphatic heterocycles. The molecule has 4 heteroatoms. The number of benzene rings is 1. The minimum Gasteiger partial charge on any atom is -0.352 e. The van der Waals surface area contributed by atoms with Crippen LogP contribution in [0.4, 0.5) is 4.39 Å². The molecule has 1 aromatic rings. The van der Waals surface area contributed by atoms with Gasteiger partial charge in [0.05, 0.1) is 0 Å². The van der Waals surface area contributed by atoms with Crippen molar-refractivity contribution in [2.45, 2.75) is 0 Å². The van der Waals surface area contributed by atoms with E-state index in [1.54, 1.807) is 12.1 Å². The van der Waals surface area contributed by atoms with Gasteiger partial charge in [-0.2, -0.15) is 0 Å². The minimum atomic E-state index is -0.184. The second-order valence-electron chi connectivity index (χ2n) is 1.55. The minimum absolute atomic E-state index is 0. The zero-order valence-corrected chi connectivity index (χ0v) is 9.13. The van der Waals surface area contributed by atoms with Gasteiger partial charge < -0.3 is 11.6 Å². The van der Waals surface area contributed by atoms with Gasteiger partial charge >= 0.3 is 0 Å². The normalized spacial score (nSPS) is 7.27. The SMILES string of the molecule is Fc1ccc(P)cc1.[CH2-]Cl.[Pd]. The van der Waals surface area contributed by atoms with Crippen LogP contribution in [-0.2, 0) is 20.4 Å². The van der Waals surface area contributed by atoms with Gasteiger partial charge in [0.25, 0.3) is 0 Å². The molecule has 1 atom stereocenters. The summed E-state index contributed by atoms with van der Waals surface area (Å²) in [6.07, 6.45) is 2.72. The van der Waals surface area contributed by atoms with Crippen molar-refractivity contribution in [2.75, 3.05) is 0 Å². The van der Waals surface area contributed by atoms with E-state index < -0.39 is 0 Å². The fourth-order valence-electron chi connectivity index (χ4n) is 0.463. The molecule has 0 saturated carbocycles. The van der Waals surface area contributed by atoms with Gasteiger partial charge in [-0.1, -0.05) is 12.1 Å². The molecule has 1 rings (SSSR count). The van der Waals surface area contributed by atoms with E-state index in [1.807, 2.05) is 0 Å². The Morgan fingerprint density at radius 3 is 1.82 bits per heavy atom. The van der Waals surface area contributed by atoms with Crippen LogP contribution in [0.5, 0.6) is 0 Å². The van der Waals surface area contributed by atoms with E-state index in [2.05, 4.69) is 27.2 Å². The van der Waals surface area contributed by atoms with Gasteiger partial charge in [0.2, 0.25) is 0 Å². The number of halogens is 2. The summed E-state index contributed by atoms with van der Waals surface area (Å²) in [5.41, 5.74) is 0. The van der Waals surface area contributed by atoms with Gasteiger partial charge in [-0.25, -0.2) is 4.39 Å². The molecule has 0 bridgehead atoms. The van der Waals surface area contributed by atoms with Gasteiger partial charge in [-0.3, -0.25) is 6.38 Å². The van der Waals surface area contributed by atoms with Gasteiger partial charge in [0.1, 0.15) is 5.82 Å². The standard InChI is InChI=1S/C6H6FP.CH2Cl.Pd/c7-5-1-3-6(8)4-2-5;1-2;/h1-4H,8H2;1H2;/q;-1;. The average molecular weight is 284 g/mol. The summed E-state index contributed by atoms with van der Waals surface area (Å²) in [4.78, 5) is 0. The van der Waals surface area contributed by atoms with Crippen LogP contribution in [0, 0.1) is 12.2 Å². The first-order chi connectivity index (χ1) is 4.79. The van der Waals surface area contributed by atoms with Crippen molar-refractivity contribution >= 4 is 26.1 Å². The first kappa shape index (κ1) is 14.1. The Bertz CT molecular complexity index is 157. The summed E-state index contributed by atoms with van der Waals surface area (Å²) < 4.78 is 12.1. The summed E-state index contributed by atoms with van der Waals surface area (Å²) >= 11 is 4.39. The molecule has 11 heavy (non-hydrogen) atoms. The van der Waals surface area contributed by atoms with Crippen LogP contribution in [0.2, 0.25) is 0 Å². The fourth-order valence-corrected chi connectivity index (χ4v) is 0.655. The molecule has 0 aliphatic rings. The number of hydrogen-bond acceptors (Lipinski definition) is 0. The molecule has 1 unspecified atom stereocenters. The first-order valence-corrected chi connectivity index (χ1v) is 3.68. The molecule has 0 aromatic heterocycles. The van der Waals surface area contributed by atoms with Crippen molar-refractivity contribution in [3.63, 3.8) is 0 Å². The van der Waals surface area contributed by atoms with Gasteiger partial charge in [-0.05, 0) is 17.4 Å². The van der Waals surface area contributed by atoms with Crippen molar-refractivity contribution in [1.82, 2.24) is 0 Å². The molecular weight excluding hydrogens is 276 g/mol. The van der Waals surface area contributed by atoms with Gasteiger partial charge in [0.15, 0.2) is 0 Å².